The van der Waals surface area contributed by atoms with Gasteiger partial charge in [0.15, 0.2) is 0 Å². The summed E-state index contributed by atoms with van der Waals surface area (Å²) in [7, 11) is 0. The van der Waals surface area contributed by atoms with E-state index in [2.05, 4.69) is 43.6 Å². The fourth-order valence-electron chi connectivity index (χ4n) is 4.41. The van der Waals surface area contributed by atoms with E-state index in [9.17, 15) is 9.59 Å². The van der Waals surface area contributed by atoms with Crippen molar-refractivity contribution >= 4 is 11.8 Å². The highest BCUT2D eigenvalue weighted by Crippen LogP contribution is 2.16. The van der Waals surface area contributed by atoms with Crippen molar-refractivity contribution in [1.29, 1.82) is 0 Å². The van der Waals surface area contributed by atoms with Crippen LogP contribution in [-0.2, 0) is 16.1 Å². The summed E-state index contributed by atoms with van der Waals surface area (Å²) >= 11 is 0. The summed E-state index contributed by atoms with van der Waals surface area (Å²) in [6, 6.07) is 9.57. The van der Waals surface area contributed by atoms with Gasteiger partial charge in [-0.25, -0.2) is 0 Å². The summed E-state index contributed by atoms with van der Waals surface area (Å²) < 4.78 is 0. The van der Waals surface area contributed by atoms with E-state index in [1.54, 1.807) is 0 Å². The normalized spacial score (nSPS) is 18.9. The quantitative estimate of drug-likeness (QED) is 0.332. The van der Waals surface area contributed by atoms with Crippen LogP contribution in [0.1, 0.15) is 25.8 Å². The Morgan fingerprint density at radius 2 is 1.59 bits per heavy atom. The third-order valence-corrected chi connectivity index (χ3v) is 6.59. The fourth-order valence-corrected chi connectivity index (χ4v) is 4.41. The van der Waals surface area contributed by atoms with E-state index in [1.165, 1.54) is 5.56 Å². The van der Waals surface area contributed by atoms with Crippen molar-refractivity contribution in [1.82, 2.24) is 36.4 Å². The number of allylic oxidation sites excluding steroid dienone is 1. The van der Waals surface area contributed by atoms with Crippen molar-refractivity contribution in [3.63, 3.8) is 0 Å². The van der Waals surface area contributed by atoms with Crippen LogP contribution in [0.4, 0.5) is 0 Å². The molecule has 3 rings (SSSR count). The molecular formula is C28H45N7O2. The van der Waals surface area contributed by atoms with E-state index in [1.807, 2.05) is 55.4 Å². The minimum absolute atomic E-state index is 0.0206. The van der Waals surface area contributed by atoms with Gasteiger partial charge in [0.2, 0.25) is 11.8 Å². The van der Waals surface area contributed by atoms with Crippen molar-refractivity contribution in [2.45, 2.75) is 32.9 Å². The van der Waals surface area contributed by atoms with Crippen LogP contribution in [0.3, 0.4) is 0 Å². The van der Waals surface area contributed by atoms with E-state index in [4.69, 9.17) is 0 Å². The number of nitrogens with one attached hydrogen (secondary N) is 5. The van der Waals surface area contributed by atoms with E-state index in [0.29, 0.717) is 25.1 Å². The molecule has 204 valence electrons. The number of carbonyl (C=O) groups excluding carboxylic acids is 2. The van der Waals surface area contributed by atoms with Crippen LogP contribution in [0.15, 0.2) is 54.4 Å². The Morgan fingerprint density at radius 3 is 2.24 bits per heavy atom. The first-order valence-corrected chi connectivity index (χ1v) is 13.6. The van der Waals surface area contributed by atoms with Crippen LogP contribution in [0.5, 0.6) is 0 Å². The molecule has 0 spiro atoms. The highest BCUT2D eigenvalue weighted by atomic mass is 16.2. The molecule has 2 heterocycles. The second-order valence-corrected chi connectivity index (χ2v) is 9.98. The molecule has 0 saturated carbocycles. The van der Waals surface area contributed by atoms with Gasteiger partial charge in [-0.2, -0.15) is 0 Å². The SMILES string of the molecule is CC(C)[C@H](NC(=O)C1=CN(Cc2ccccc2)C=CC1)C(=O)NCCN1CCNCCNCCNCC1. The summed E-state index contributed by atoms with van der Waals surface area (Å²) in [5.41, 5.74) is 1.83. The minimum atomic E-state index is -0.580. The lowest BCUT2D eigenvalue weighted by Crippen LogP contribution is -2.51. The fraction of sp³-hybridized carbons (Fsp3) is 0.571. The van der Waals surface area contributed by atoms with E-state index < -0.39 is 6.04 Å². The predicted octanol–water partition coefficient (Wildman–Crippen LogP) is 0.631. The van der Waals surface area contributed by atoms with Gasteiger partial charge in [0, 0.05) is 90.0 Å². The van der Waals surface area contributed by atoms with Gasteiger partial charge in [0.1, 0.15) is 6.04 Å². The van der Waals surface area contributed by atoms with Gasteiger partial charge >= 0.3 is 0 Å². The summed E-state index contributed by atoms with van der Waals surface area (Å²) in [6.07, 6.45) is 6.42. The maximum atomic E-state index is 13.1. The lowest BCUT2D eigenvalue weighted by Gasteiger charge is -2.26. The van der Waals surface area contributed by atoms with Gasteiger partial charge in [-0.15, -0.1) is 0 Å². The average Bonchev–Trinajstić information content (AvgIpc) is 2.89. The van der Waals surface area contributed by atoms with E-state index in [0.717, 1.165) is 58.9 Å². The third kappa shape index (κ3) is 10.7. The molecule has 1 aromatic rings. The molecule has 2 aliphatic heterocycles. The summed E-state index contributed by atoms with van der Waals surface area (Å²) in [4.78, 5) is 30.5. The maximum Gasteiger partial charge on any atom is 0.249 e. The van der Waals surface area contributed by atoms with Crippen LogP contribution in [0, 0.1) is 5.92 Å². The van der Waals surface area contributed by atoms with Crippen molar-refractivity contribution in [2.75, 3.05) is 65.4 Å². The van der Waals surface area contributed by atoms with Gasteiger partial charge < -0.3 is 31.5 Å². The molecule has 1 saturated heterocycles. The highest BCUT2D eigenvalue weighted by molar-refractivity contribution is 5.97. The first kappa shape index (κ1) is 28.8. The lowest BCUT2D eigenvalue weighted by atomic mass is 10.0. The maximum absolute atomic E-state index is 13.1. The summed E-state index contributed by atoms with van der Waals surface area (Å²) in [5.74, 6) is -0.341. The molecule has 2 aliphatic rings. The lowest BCUT2D eigenvalue weighted by molar-refractivity contribution is -0.128. The first-order chi connectivity index (χ1) is 18.0. The largest absolute Gasteiger partial charge is 0.353 e. The van der Waals surface area contributed by atoms with Gasteiger partial charge in [0.25, 0.3) is 0 Å². The molecule has 9 nitrogen and oxygen atoms in total. The Hall–Kier alpha value is -2.72. The van der Waals surface area contributed by atoms with Crippen LogP contribution in [0.2, 0.25) is 0 Å². The van der Waals surface area contributed by atoms with Crippen LogP contribution < -0.4 is 26.6 Å². The molecule has 2 amide bonds. The summed E-state index contributed by atoms with van der Waals surface area (Å²) in [5, 5.41) is 16.4. The van der Waals surface area contributed by atoms with Gasteiger partial charge in [-0.05, 0) is 17.9 Å². The number of hydrogen-bond donors (Lipinski definition) is 5. The second kappa shape index (κ2) is 16.2. The Balaban J connectivity index is 1.47. The number of amides is 2. The Morgan fingerprint density at radius 1 is 0.946 bits per heavy atom. The molecule has 9 heteroatoms. The van der Waals surface area contributed by atoms with Crippen molar-refractivity contribution in [3.05, 3.63) is 59.9 Å². The molecule has 37 heavy (non-hydrogen) atoms. The Labute approximate surface area is 222 Å². The predicted molar refractivity (Wildman–Crippen MR) is 149 cm³/mol. The zero-order chi connectivity index (χ0) is 26.3. The molecule has 1 aromatic carbocycles. The van der Waals surface area contributed by atoms with Crippen molar-refractivity contribution in [3.8, 4) is 0 Å². The monoisotopic (exact) mass is 511 g/mol. The number of hydrogen-bond acceptors (Lipinski definition) is 7. The van der Waals surface area contributed by atoms with Crippen LogP contribution in [-0.4, -0.2) is 93.1 Å². The molecule has 0 aromatic heterocycles. The Bertz CT molecular complexity index is 876. The Kier molecular flexibility index (Phi) is 12.6. The van der Waals surface area contributed by atoms with Gasteiger partial charge in [-0.1, -0.05) is 50.3 Å². The van der Waals surface area contributed by atoms with E-state index >= 15 is 0 Å². The molecule has 0 aliphatic carbocycles. The standard InChI is InChI=1S/C28H45N7O2/c1-23(2)26(28(37)32-16-20-34-18-14-30-12-10-29-11-13-31-15-19-34)33-27(36)25-9-6-17-35(22-25)21-24-7-4-3-5-8-24/h3-8,17,22-23,26,29-31H,9-16,18-21H2,1-2H3,(H,32,37)(H,33,36)/t26-/m0/s1. The molecule has 1 atom stereocenters. The molecule has 5 N–H and O–H groups in total. The number of carbonyl (C=O) groups is 2. The van der Waals surface area contributed by atoms with Crippen molar-refractivity contribution in [2.24, 2.45) is 5.92 Å². The second-order valence-electron chi connectivity index (χ2n) is 9.98. The number of benzene rings is 1. The molecule has 0 unspecified atom stereocenters. The van der Waals surface area contributed by atoms with Crippen LogP contribution in [0.25, 0.3) is 0 Å². The molecule has 0 bridgehead atoms. The zero-order valence-electron chi connectivity index (χ0n) is 22.5. The van der Waals surface area contributed by atoms with Crippen LogP contribution >= 0.6 is 0 Å². The highest BCUT2D eigenvalue weighted by Gasteiger charge is 2.26. The number of rotatable bonds is 9. The van der Waals surface area contributed by atoms with E-state index in [-0.39, 0.29) is 17.7 Å². The summed E-state index contributed by atoms with van der Waals surface area (Å²) in [6.45, 7) is 13.5. The third-order valence-electron chi connectivity index (χ3n) is 6.59. The van der Waals surface area contributed by atoms with Gasteiger partial charge in [0.05, 0.1) is 0 Å². The molecule has 1 fully saturated rings. The first-order valence-electron chi connectivity index (χ1n) is 13.6. The molecular weight excluding hydrogens is 466 g/mol. The molecule has 0 radical (unpaired) electrons. The topological polar surface area (TPSA) is 101 Å². The van der Waals surface area contributed by atoms with Gasteiger partial charge in [-0.3, -0.25) is 14.5 Å². The smallest absolute Gasteiger partial charge is 0.249 e. The average molecular weight is 512 g/mol. The number of nitrogens with zero attached hydrogens (tertiary/aromatic N) is 2. The zero-order valence-corrected chi connectivity index (χ0v) is 22.5. The van der Waals surface area contributed by atoms with Crippen molar-refractivity contribution < 1.29 is 9.59 Å². The minimum Gasteiger partial charge on any atom is -0.353 e.